The molecule has 0 bridgehead atoms. The number of allylic oxidation sites excluding steroid dienone is 1. The van der Waals surface area contributed by atoms with Gasteiger partial charge in [-0.25, -0.2) is 4.39 Å². The molecule has 0 atom stereocenters. The van der Waals surface area contributed by atoms with Gasteiger partial charge in [0.15, 0.2) is 0 Å². The van der Waals surface area contributed by atoms with E-state index < -0.39 is 0 Å². The lowest BCUT2D eigenvalue weighted by Crippen LogP contribution is -2.25. The van der Waals surface area contributed by atoms with E-state index in [9.17, 15) is 4.39 Å². The van der Waals surface area contributed by atoms with Crippen molar-refractivity contribution in [3.63, 3.8) is 0 Å². The lowest BCUT2D eigenvalue weighted by Gasteiger charge is -2.38. The molecule has 28 heavy (non-hydrogen) atoms. The minimum atomic E-state index is 0.705. The average Bonchev–Trinajstić information content (AvgIpc) is 2.75. The predicted octanol–water partition coefficient (Wildman–Crippen LogP) is 8.21. The van der Waals surface area contributed by atoms with E-state index in [-0.39, 0.29) is 0 Å². The molecule has 0 N–H and O–H groups in total. The number of rotatable bonds is 9. The van der Waals surface area contributed by atoms with E-state index in [0.717, 1.165) is 48.9 Å². The van der Waals surface area contributed by atoms with Crippen molar-refractivity contribution in [2.45, 2.75) is 89.9 Å². The number of hydrogen-bond acceptors (Lipinski definition) is 1. The monoisotopic (exact) mass is 386 g/mol. The Morgan fingerprint density at radius 1 is 0.929 bits per heavy atom. The molecule has 0 aliphatic heterocycles. The number of benzene rings is 1. The van der Waals surface area contributed by atoms with Gasteiger partial charge in [0.2, 0.25) is 0 Å². The summed E-state index contributed by atoms with van der Waals surface area (Å²) >= 11 is 0. The molecule has 0 spiro atoms. The molecule has 0 unspecified atom stereocenters. The molecule has 0 heterocycles. The van der Waals surface area contributed by atoms with Crippen LogP contribution < -0.4 is 4.74 Å². The molecule has 0 aromatic heterocycles. The Bertz CT molecular complexity index is 563. The predicted molar refractivity (Wildman–Crippen MR) is 116 cm³/mol. The maximum absolute atomic E-state index is 12.1. The standard InChI is InChI=1S/C26H39FO/c1-2-3-20-28-26-17-15-25(16-18-26)24-13-11-23(12-14-24)22-9-7-21(8-10-22)6-4-5-19-27/h5,15-19,21-24H,2-4,6-14,20H2,1H3/b19-5+. The molecule has 2 aliphatic rings. The molecule has 0 saturated heterocycles. The Labute approximate surface area is 171 Å². The molecule has 2 saturated carbocycles. The SMILES string of the molecule is CCCCOc1ccc(C2CCC(C3CCC(CC/C=C/F)CC3)CC2)cc1. The summed E-state index contributed by atoms with van der Waals surface area (Å²) in [6.45, 7) is 3.02. The van der Waals surface area contributed by atoms with E-state index >= 15 is 0 Å². The third-order valence-electron chi connectivity index (χ3n) is 7.28. The number of hydrogen-bond donors (Lipinski definition) is 0. The summed E-state index contributed by atoms with van der Waals surface area (Å²) in [5, 5.41) is 0. The van der Waals surface area contributed by atoms with E-state index in [1.807, 2.05) is 0 Å². The maximum Gasteiger partial charge on any atom is 0.119 e. The van der Waals surface area contributed by atoms with Crippen LogP contribution in [0.15, 0.2) is 36.7 Å². The smallest absolute Gasteiger partial charge is 0.119 e. The zero-order valence-corrected chi connectivity index (χ0v) is 17.8. The summed E-state index contributed by atoms with van der Waals surface area (Å²) in [4.78, 5) is 0. The lowest BCUT2D eigenvalue weighted by molar-refractivity contribution is 0.157. The number of ether oxygens (including phenoxy) is 1. The van der Waals surface area contributed by atoms with Crippen LogP contribution >= 0.6 is 0 Å². The van der Waals surface area contributed by atoms with Crippen LogP contribution in [0.2, 0.25) is 0 Å². The van der Waals surface area contributed by atoms with Crippen molar-refractivity contribution in [2.24, 2.45) is 17.8 Å². The van der Waals surface area contributed by atoms with Gasteiger partial charge in [0.25, 0.3) is 0 Å². The van der Waals surface area contributed by atoms with Gasteiger partial charge in [-0.2, -0.15) is 0 Å². The van der Waals surface area contributed by atoms with Crippen molar-refractivity contribution in [3.05, 3.63) is 42.2 Å². The molecule has 2 fully saturated rings. The molecule has 2 heteroatoms. The molecule has 1 nitrogen and oxygen atoms in total. The second kappa shape index (κ2) is 11.6. The molecule has 156 valence electrons. The van der Waals surface area contributed by atoms with Crippen molar-refractivity contribution in [3.8, 4) is 5.75 Å². The number of halogens is 1. The second-order valence-electron chi connectivity index (χ2n) is 9.10. The van der Waals surface area contributed by atoms with Gasteiger partial charge in [0.05, 0.1) is 12.9 Å². The fourth-order valence-electron chi connectivity index (χ4n) is 5.44. The Hall–Kier alpha value is -1.31. The van der Waals surface area contributed by atoms with E-state index in [1.165, 1.54) is 69.8 Å². The zero-order valence-electron chi connectivity index (χ0n) is 17.8. The quantitative estimate of drug-likeness (QED) is 0.388. The molecular formula is C26H39FO. The van der Waals surface area contributed by atoms with Crippen molar-refractivity contribution in [2.75, 3.05) is 6.61 Å². The Kier molecular flexibility index (Phi) is 8.89. The van der Waals surface area contributed by atoms with Crippen LogP contribution in [0.4, 0.5) is 4.39 Å². The fourth-order valence-corrected chi connectivity index (χ4v) is 5.44. The van der Waals surface area contributed by atoms with E-state index in [4.69, 9.17) is 4.74 Å². The highest BCUT2D eigenvalue weighted by Crippen LogP contribution is 2.44. The topological polar surface area (TPSA) is 9.23 Å². The number of unbranched alkanes of at least 4 members (excludes halogenated alkanes) is 1. The summed E-state index contributed by atoms with van der Waals surface area (Å²) in [5.74, 6) is 4.49. The lowest BCUT2D eigenvalue weighted by atomic mass is 9.68. The highest BCUT2D eigenvalue weighted by molar-refractivity contribution is 5.29. The molecule has 1 aromatic rings. The Balaban J connectivity index is 1.39. The Morgan fingerprint density at radius 3 is 2.18 bits per heavy atom. The third-order valence-corrected chi connectivity index (χ3v) is 7.28. The summed E-state index contributed by atoms with van der Waals surface area (Å²) < 4.78 is 17.9. The fraction of sp³-hybridized carbons (Fsp3) is 0.692. The first kappa shape index (κ1) is 21.4. The third kappa shape index (κ3) is 6.36. The van der Waals surface area contributed by atoms with Crippen LogP contribution in [0.5, 0.6) is 5.75 Å². The van der Waals surface area contributed by atoms with Gasteiger partial charge in [-0.1, -0.05) is 44.4 Å². The normalized spacial score (nSPS) is 28.5. The molecule has 0 radical (unpaired) electrons. The molecule has 3 rings (SSSR count). The molecular weight excluding hydrogens is 347 g/mol. The first-order chi connectivity index (χ1) is 13.8. The Morgan fingerprint density at radius 2 is 1.57 bits per heavy atom. The van der Waals surface area contributed by atoms with Gasteiger partial charge in [0.1, 0.15) is 5.75 Å². The van der Waals surface area contributed by atoms with Crippen LogP contribution in [0.1, 0.15) is 95.5 Å². The van der Waals surface area contributed by atoms with Gasteiger partial charge < -0.3 is 4.74 Å². The van der Waals surface area contributed by atoms with Crippen LogP contribution in [0.25, 0.3) is 0 Å². The second-order valence-corrected chi connectivity index (χ2v) is 9.10. The van der Waals surface area contributed by atoms with Gasteiger partial charge in [0, 0.05) is 0 Å². The summed E-state index contributed by atoms with van der Waals surface area (Å²) in [7, 11) is 0. The van der Waals surface area contributed by atoms with E-state index in [0.29, 0.717) is 6.33 Å². The van der Waals surface area contributed by atoms with Crippen LogP contribution in [-0.2, 0) is 0 Å². The van der Waals surface area contributed by atoms with Crippen molar-refractivity contribution < 1.29 is 9.13 Å². The van der Waals surface area contributed by atoms with Crippen molar-refractivity contribution >= 4 is 0 Å². The zero-order chi connectivity index (χ0) is 19.6. The maximum atomic E-state index is 12.1. The van der Waals surface area contributed by atoms with Gasteiger partial charge in [-0.05, 0) is 99.2 Å². The minimum Gasteiger partial charge on any atom is -0.494 e. The van der Waals surface area contributed by atoms with Crippen molar-refractivity contribution in [1.29, 1.82) is 0 Å². The average molecular weight is 387 g/mol. The van der Waals surface area contributed by atoms with Crippen LogP contribution in [-0.4, -0.2) is 6.61 Å². The molecule has 0 amide bonds. The van der Waals surface area contributed by atoms with E-state index in [2.05, 4.69) is 31.2 Å². The first-order valence-electron chi connectivity index (χ1n) is 11.8. The highest BCUT2D eigenvalue weighted by atomic mass is 19.1. The van der Waals surface area contributed by atoms with Gasteiger partial charge in [-0.15, -0.1) is 0 Å². The summed E-state index contributed by atoms with van der Waals surface area (Å²) in [6.07, 6.45) is 17.8. The summed E-state index contributed by atoms with van der Waals surface area (Å²) in [6, 6.07) is 8.92. The van der Waals surface area contributed by atoms with E-state index in [1.54, 1.807) is 6.08 Å². The highest BCUT2D eigenvalue weighted by Gasteiger charge is 2.31. The van der Waals surface area contributed by atoms with Gasteiger partial charge in [-0.3, -0.25) is 0 Å². The van der Waals surface area contributed by atoms with Crippen molar-refractivity contribution in [1.82, 2.24) is 0 Å². The largest absolute Gasteiger partial charge is 0.494 e. The first-order valence-corrected chi connectivity index (χ1v) is 11.8. The molecule has 1 aromatic carbocycles. The van der Waals surface area contributed by atoms with Crippen LogP contribution in [0.3, 0.4) is 0 Å². The minimum absolute atomic E-state index is 0.705. The summed E-state index contributed by atoms with van der Waals surface area (Å²) in [5.41, 5.74) is 1.51. The van der Waals surface area contributed by atoms with Gasteiger partial charge >= 0.3 is 0 Å². The van der Waals surface area contributed by atoms with Crippen LogP contribution in [0, 0.1) is 17.8 Å². The molecule has 2 aliphatic carbocycles.